The van der Waals surface area contributed by atoms with E-state index in [9.17, 15) is 4.79 Å². The van der Waals surface area contributed by atoms with Crippen LogP contribution in [0.25, 0.3) is 0 Å². The Kier molecular flexibility index (Phi) is 4.60. The molecule has 0 aromatic heterocycles. The summed E-state index contributed by atoms with van der Waals surface area (Å²) in [6.45, 7) is 6.81. The normalized spacial score (nSPS) is 21.9. The smallest absolute Gasteiger partial charge is 0.332 e. The van der Waals surface area contributed by atoms with E-state index in [1.807, 2.05) is 36.4 Å². The van der Waals surface area contributed by atoms with E-state index in [-0.39, 0.29) is 11.5 Å². The molecule has 1 aliphatic rings. The van der Waals surface area contributed by atoms with Crippen LogP contribution in [-0.2, 0) is 15.1 Å². The van der Waals surface area contributed by atoms with Gasteiger partial charge in [-0.05, 0) is 11.1 Å². The lowest BCUT2D eigenvalue weighted by molar-refractivity contribution is -0.142. The molecule has 1 aliphatic heterocycles. The fourth-order valence-electron chi connectivity index (χ4n) is 3.94. The minimum Gasteiger partial charge on any atom is -0.467 e. The number of ether oxygens (including phenoxy) is 1. The third-order valence-electron chi connectivity index (χ3n) is 4.91. The first kappa shape index (κ1) is 17.5. The molecule has 2 aromatic rings. The van der Waals surface area contributed by atoms with E-state index in [4.69, 9.17) is 9.85 Å². The van der Waals surface area contributed by atoms with Crippen LogP contribution in [-0.4, -0.2) is 27.2 Å². The third-order valence-corrected chi connectivity index (χ3v) is 7.51. The molecule has 0 N–H and O–H groups in total. The van der Waals surface area contributed by atoms with Gasteiger partial charge in [0.1, 0.15) is 5.54 Å². The quantitative estimate of drug-likeness (QED) is 0.594. The molecule has 0 saturated carbocycles. The number of esters is 1. The first-order chi connectivity index (χ1) is 11.9. The lowest BCUT2D eigenvalue weighted by atomic mass is 9.79. The summed E-state index contributed by atoms with van der Waals surface area (Å²) >= 11 is 0. The lowest BCUT2D eigenvalue weighted by Crippen LogP contribution is -2.48. The lowest BCUT2D eigenvalue weighted by Gasteiger charge is -2.41. The molecule has 0 radical (unpaired) electrons. The van der Waals surface area contributed by atoms with Gasteiger partial charge < -0.3 is 4.74 Å². The number of nitrogens with zero attached hydrogens (tertiary/aromatic N) is 2. The van der Waals surface area contributed by atoms with Gasteiger partial charge in [0.05, 0.1) is 15.2 Å². The maximum atomic E-state index is 12.5. The number of rotatable bonds is 4. The zero-order valence-electron chi connectivity index (χ0n) is 15.1. The van der Waals surface area contributed by atoms with E-state index >= 15 is 0 Å². The fraction of sp³-hybridized carbons (Fsp3) is 0.350. The molecule has 0 saturated heterocycles. The van der Waals surface area contributed by atoms with Gasteiger partial charge in [0, 0.05) is 5.54 Å². The Morgan fingerprint density at radius 2 is 1.44 bits per heavy atom. The zero-order chi connectivity index (χ0) is 18.1. The van der Waals surface area contributed by atoms with Crippen molar-refractivity contribution in [3.63, 3.8) is 0 Å². The third kappa shape index (κ3) is 2.93. The van der Waals surface area contributed by atoms with Crippen molar-refractivity contribution in [2.75, 3.05) is 7.11 Å². The number of azo groups is 1. The van der Waals surface area contributed by atoms with Crippen LogP contribution in [0.5, 0.6) is 0 Å². The summed E-state index contributed by atoms with van der Waals surface area (Å²) in [6, 6.07) is 19.8. The van der Waals surface area contributed by atoms with Crippen molar-refractivity contribution < 1.29 is 9.53 Å². The predicted molar refractivity (Wildman–Crippen MR) is 101 cm³/mol. The van der Waals surface area contributed by atoms with Crippen molar-refractivity contribution in [2.45, 2.75) is 36.8 Å². The molecule has 25 heavy (non-hydrogen) atoms. The Balaban J connectivity index is 2.27. The number of benzene rings is 2. The largest absolute Gasteiger partial charge is 0.467 e. The highest BCUT2D eigenvalue weighted by Crippen LogP contribution is 2.55. The molecule has 0 fully saturated rings. The molecule has 130 valence electrons. The van der Waals surface area contributed by atoms with Crippen LogP contribution in [0.1, 0.15) is 11.1 Å². The second-order valence-electron chi connectivity index (χ2n) is 7.53. The SMILES string of the molecule is COC(=O)[C@H]1N=NC(c2ccccc2)(c2ccccc2)[C@@H]1[Si](C)(C)C. The number of hydrogen-bond donors (Lipinski definition) is 0. The summed E-state index contributed by atoms with van der Waals surface area (Å²) in [5.41, 5.74) is 1.48. The zero-order valence-corrected chi connectivity index (χ0v) is 16.1. The molecule has 0 aliphatic carbocycles. The summed E-state index contributed by atoms with van der Waals surface area (Å²) in [6.07, 6.45) is 0. The molecular formula is C20H24N2O2Si. The molecule has 0 spiro atoms. The van der Waals surface area contributed by atoms with Gasteiger partial charge in [-0.25, -0.2) is 4.79 Å². The molecule has 0 unspecified atom stereocenters. The van der Waals surface area contributed by atoms with Gasteiger partial charge in [-0.3, -0.25) is 0 Å². The van der Waals surface area contributed by atoms with Gasteiger partial charge >= 0.3 is 5.97 Å². The maximum absolute atomic E-state index is 12.5. The Labute approximate surface area is 150 Å². The minimum absolute atomic E-state index is 0.0164. The number of hydrogen-bond acceptors (Lipinski definition) is 4. The summed E-state index contributed by atoms with van der Waals surface area (Å²) in [7, 11) is -0.435. The average molecular weight is 353 g/mol. The number of carbonyl (C=O) groups excluding carboxylic acids is 1. The fourth-order valence-corrected chi connectivity index (χ4v) is 6.73. The highest BCUT2D eigenvalue weighted by molar-refractivity contribution is 6.78. The van der Waals surface area contributed by atoms with Crippen molar-refractivity contribution in [1.29, 1.82) is 0 Å². The van der Waals surface area contributed by atoms with Crippen molar-refractivity contribution in [1.82, 2.24) is 0 Å². The van der Waals surface area contributed by atoms with Gasteiger partial charge in [-0.1, -0.05) is 80.3 Å². The van der Waals surface area contributed by atoms with E-state index in [2.05, 4.69) is 49.0 Å². The van der Waals surface area contributed by atoms with E-state index in [0.717, 1.165) is 11.1 Å². The molecule has 5 heteroatoms. The van der Waals surface area contributed by atoms with Crippen molar-refractivity contribution in [3.05, 3.63) is 71.8 Å². The molecule has 0 bridgehead atoms. The Morgan fingerprint density at radius 1 is 0.960 bits per heavy atom. The van der Waals surface area contributed by atoms with Gasteiger partial charge in [0.2, 0.25) is 0 Å². The molecule has 2 aromatic carbocycles. The van der Waals surface area contributed by atoms with Gasteiger partial charge in [-0.2, -0.15) is 10.2 Å². The molecule has 2 atom stereocenters. The van der Waals surface area contributed by atoms with E-state index in [1.165, 1.54) is 7.11 Å². The van der Waals surface area contributed by atoms with E-state index < -0.39 is 19.7 Å². The van der Waals surface area contributed by atoms with Crippen LogP contribution in [0.4, 0.5) is 0 Å². The number of methoxy groups -OCH3 is 1. The molecular weight excluding hydrogens is 328 g/mol. The van der Waals surface area contributed by atoms with Crippen LogP contribution in [0.2, 0.25) is 25.2 Å². The maximum Gasteiger partial charge on any atom is 0.332 e. The van der Waals surface area contributed by atoms with Crippen LogP contribution in [0.3, 0.4) is 0 Å². The average Bonchev–Trinajstić information content (AvgIpc) is 3.04. The van der Waals surface area contributed by atoms with Gasteiger partial charge in [-0.15, -0.1) is 0 Å². The first-order valence-corrected chi connectivity index (χ1v) is 12.1. The van der Waals surface area contributed by atoms with Crippen LogP contribution < -0.4 is 0 Å². The van der Waals surface area contributed by atoms with Crippen molar-refractivity contribution >= 4 is 14.0 Å². The van der Waals surface area contributed by atoms with E-state index in [1.54, 1.807) is 0 Å². The highest BCUT2D eigenvalue weighted by atomic mass is 28.3. The number of carbonyl (C=O) groups is 1. The minimum atomic E-state index is -1.86. The second kappa shape index (κ2) is 6.56. The molecule has 4 nitrogen and oxygen atoms in total. The Bertz CT molecular complexity index is 730. The van der Waals surface area contributed by atoms with E-state index in [0.29, 0.717) is 0 Å². The molecule has 0 amide bonds. The van der Waals surface area contributed by atoms with Crippen molar-refractivity contribution in [3.8, 4) is 0 Å². The van der Waals surface area contributed by atoms with Crippen molar-refractivity contribution in [2.24, 2.45) is 10.2 Å². The summed E-state index contributed by atoms with van der Waals surface area (Å²) in [5, 5.41) is 9.21. The summed E-state index contributed by atoms with van der Waals surface area (Å²) in [5.74, 6) is -0.301. The summed E-state index contributed by atoms with van der Waals surface area (Å²) in [4.78, 5) is 12.5. The highest BCUT2D eigenvalue weighted by Gasteiger charge is 2.58. The molecule has 1 heterocycles. The molecule has 3 rings (SSSR count). The van der Waals surface area contributed by atoms with Gasteiger partial charge in [0.25, 0.3) is 0 Å². The monoisotopic (exact) mass is 352 g/mol. The van der Waals surface area contributed by atoms with Gasteiger partial charge in [0.15, 0.2) is 6.04 Å². The van der Waals surface area contributed by atoms with Crippen LogP contribution >= 0.6 is 0 Å². The first-order valence-electron chi connectivity index (χ1n) is 8.52. The Hall–Kier alpha value is -2.27. The van der Waals surface area contributed by atoms with Crippen LogP contribution in [0.15, 0.2) is 70.9 Å². The second-order valence-corrected chi connectivity index (χ2v) is 12.9. The standard InChI is InChI=1S/C20H24N2O2Si/c1-24-19(23)17-18(25(2,3)4)20(22-21-17,15-11-7-5-8-12-15)16-13-9-6-10-14-16/h5-14,17-18H,1-4H3/t17-,18+/m0/s1. The summed E-state index contributed by atoms with van der Waals surface area (Å²) < 4.78 is 5.05. The van der Waals surface area contributed by atoms with Crippen LogP contribution in [0, 0.1) is 0 Å². The predicted octanol–water partition coefficient (Wildman–Crippen LogP) is 4.65. The Morgan fingerprint density at radius 3 is 1.84 bits per heavy atom. The topological polar surface area (TPSA) is 51.0 Å².